The van der Waals surface area contributed by atoms with Crippen molar-refractivity contribution in [3.8, 4) is 17.2 Å². The van der Waals surface area contributed by atoms with Gasteiger partial charge in [-0.1, -0.05) is 30.3 Å². The third kappa shape index (κ3) is 2.88. The first-order valence-electron chi connectivity index (χ1n) is 9.48. The molecule has 5 rings (SSSR count). The second kappa shape index (κ2) is 7.04. The van der Waals surface area contributed by atoms with Crippen molar-refractivity contribution < 1.29 is 19.1 Å². The molecule has 30 heavy (non-hydrogen) atoms. The summed E-state index contributed by atoms with van der Waals surface area (Å²) in [6.45, 7) is 0. The van der Waals surface area contributed by atoms with E-state index in [2.05, 4.69) is 0 Å². The molecule has 4 aromatic rings. The van der Waals surface area contributed by atoms with E-state index in [0.29, 0.717) is 39.4 Å². The first-order chi connectivity index (χ1) is 14.7. The van der Waals surface area contributed by atoms with Gasteiger partial charge in [0.2, 0.25) is 0 Å². The van der Waals surface area contributed by atoms with Crippen LogP contribution < -0.4 is 14.4 Å². The summed E-state index contributed by atoms with van der Waals surface area (Å²) in [5.41, 5.74) is 1.55. The van der Waals surface area contributed by atoms with Crippen LogP contribution in [0.25, 0.3) is 10.8 Å². The van der Waals surface area contributed by atoms with Gasteiger partial charge in [-0.2, -0.15) is 0 Å². The van der Waals surface area contributed by atoms with Gasteiger partial charge in [0, 0.05) is 22.6 Å². The van der Waals surface area contributed by atoms with E-state index in [4.69, 9.17) is 9.47 Å². The van der Waals surface area contributed by atoms with Gasteiger partial charge in [0.25, 0.3) is 11.8 Å². The Morgan fingerprint density at radius 2 is 1.27 bits per heavy atom. The van der Waals surface area contributed by atoms with Crippen LogP contribution in [0.1, 0.15) is 20.7 Å². The largest absolute Gasteiger partial charge is 0.497 e. The lowest BCUT2D eigenvalue weighted by Gasteiger charge is -2.27. The second-order valence-corrected chi connectivity index (χ2v) is 6.93. The van der Waals surface area contributed by atoms with Crippen LogP contribution in [0, 0.1) is 0 Å². The molecular weight excluding hydrogens is 378 g/mol. The van der Waals surface area contributed by atoms with Gasteiger partial charge in [-0.15, -0.1) is 0 Å². The Balaban J connectivity index is 1.47. The summed E-state index contributed by atoms with van der Waals surface area (Å²) < 4.78 is 11.1. The lowest BCUT2D eigenvalue weighted by atomic mass is 9.94. The first kappa shape index (κ1) is 17.9. The van der Waals surface area contributed by atoms with Crippen molar-refractivity contribution in [2.75, 3.05) is 12.0 Å². The van der Waals surface area contributed by atoms with E-state index in [-0.39, 0.29) is 11.8 Å². The maximum Gasteiger partial charge on any atom is 0.265 e. The SMILES string of the molecule is COc1cccc(Oc2ccc(N3C(=O)c4cccc5cccc(c45)C3=O)cc2)c1. The van der Waals surface area contributed by atoms with Crippen LogP contribution in [0.3, 0.4) is 0 Å². The Bertz CT molecular complexity index is 1240. The molecular formula is C25H17NO4. The summed E-state index contributed by atoms with van der Waals surface area (Å²) in [4.78, 5) is 27.5. The Labute approximate surface area is 173 Å². The summed E-state index contributed by atoms with van der Waals surface area (Å²) in [7, 11) is 1.60. The van der Waals surface area contributed by atoms with Crippen molar-refractivity contribution in [3.63, 3.8) is 0 Å². The summed E-state index contributed by atoms with van der Waals surface area (Å²) in [5, 5.41) is 1.60. The Morgan fingerprint density at radius 3 is 1.90 bits per heavy atom. The molecule has 0 aromatic heterocycles. The highest BCUT2D eigenvalue weighted by Gasteiger charge is 2.33. The van der Waals surface area contributed by atoms with Crippen LogP contribution in [0.4, 0.5) is 5.69 Å². The Morgan fingerprint density at radius 1 is 0.667 bits per heavy atom. The van der Waals surface area contributed by atoms with Crippen molar-refractivity contribution in [2.24, 2.45) is 0 Å². The lowest BCUT2D eigenvalue weighted by Crippen LogP contribution is -2.40. The van der Waals surface area contributed by atoms with Crippen LogP contribution in [0.15, 0.2) is 84.9 Å². The molecule has 4 aromatic carbocycles. The molecule has 0 spiro atoms. The number of amides is 2. The molecule has 0 aliphatic carbocycles. The molecule has 0 atom stereocenters. The van der Waals surface area contributed by atoms with E-state index in [1.807, 2.05) is 42.5 Å². The number of hydrogen-bond acceptors (Lipinski definition) is 4. The molecule has 0 radical (unpaired) electrons. The highest BCUT2D eigenvalue weighted by Crippen LogP contribution is 2.34. The minimum absolute atomic E-state index is 0.328. The van der Waals surface area contributed by atoms with E-state index in [9.17, 15) is 9.59 Å². The zero-order valence-electron chi connectivity index (χ0n) is 16.2. The number of anilines is 1. The molecule has 146 valence electrons. The van der Waals surface area contributed by atoms with Gasteiger partial charge in [-0.05, 0) is 53.9 Å². The van der Waals surface area contributed by atoms with Crippen LogP contribution in [0.5, 0.6) is 17.2 Å². The average molecular weight is 395 g/mol. The molecule has 0 saturated heterocycles. The van der Waals surface area contributed by atoms with Crippen molar-refractivity contribution in [1.82, 2.24) is 0 Å². The average Bonchev–Trinajstić information content (AvgIpc) is 2.78. The number of benzene rings is 4. The highest BCUT2D eigenvalue weighted by atomic mass is 16.5. The fourth-order valence-electron chi connectivity index (χ4n) is 3.73. The molecule has 1 aliphatic rings. The zero-order valence-corrected chi connectivity index (χ0v) is 16.2. The third-order valence-electron chi connectivity index (χ3n) is 5.14. The van der Waals surface area contributed by atoms with Gasteiger partial charge in [0.05, 0.1) is 12.8 Å². The molecule has 2 amide bonds. The van der Waals surface area contributed by atoms with Crippen molar-refractivity contribution in [1.29, 1.82) is 0 Å². The van der Waals surface area contributed by atoms with Gasteiger partial charge in [0.1, 0.15) is 17.2 Å². The van der Waals surface area contributed by atoms with Crippen LogP contribution in [-0.2, 0) is 0 Å². The fourth-order valence-corrected chi connectivity index (χ4v) is 3.73. The van der Waals surface area contributed by atoms with Crippen LogP contribution in [0.2, 0.25) is 0 Å². The van der Waals surface area contributed by atoms with Gasteiger partial charge in [-0.3, -0.25) is 9.59 Å². The topological polar surface area (TPSA) is 55.8 Å². The molecule has 0 bridgehead atoms. The Kier molecular flexibility index (Phi) is 4.21. The maximum absolute atomic E-state index is 13.1. The van der Waals surface area contributed by atoms with E-state index >= 15 is 0 Å². The number of nitrogens with zero attached hydrogens (tertiary/aromatic N) is 1. The summed E-state index contributed by atoms with van der Waals surface area (Å²) in [6.07, 6.45) is 0. The Hall–Kier alpha value is -4.12. The number of hydrogen-bond donors (Lipinski definition) is 0. The van der Waals surface area contributed by atoms with Gasteiger partial charge in [-0.25, -0.2) is 4.90 Å². The number of carbonyl (C=O) groups is 2. The number of rotatable bonds is 4. The molecule has 5 heteroatoms. The lowest BCUT2D eigenvalue weighted by molar-refractivity contribution is 0.0893. The molecule has 0 saturated carbocycles. The van der Waals surface area contributed by atoms with Gasteiger partial charge in [0.15, 0.2) is 0 Å². The fraction of sp³-hybridized carbons (Fsp3) is 0.0400. The molecule has 0 N–H and O–H groups in total. The molecule has 5 nitrogen and oxygen atoms in total. The number of ether oxygens (including phenoxy) is 2. The normalized spacial score (nSPS) is 12.9. The van der Waals surface area contributed by atoms with Crippen LogP contribution in [-0.4, -0.2) is 18.9 Å². The maximum atomic E-state index is 13.1. The summed E-state index contributed by atoms with van der Waals surface area (Å²) >= 11 is 0. The zero-order chi connectivity index (χ0) is 20.7. The number of methoxy groups -OCH3 is 1. The minimum Gasteiger partial charge on any atom is -0.497 e. The van der Waals surface area contributed by atoms with E-state index in [1.54, 1.807) is 49.6 Å². The van der Waals surface area contributed by atoms with Gasteiger partial charge >= 0.3 is 0 Å². The van der Waals surface area contributed by atoms with E-state index in [1.165, 1.54) is 4.90 Å². The monoisotopic (exact) mass is 395 g/mol. The summed E-state index contributed by atoms with van der Waals surface area (Å²) in [5.74, 6) is 1.26. The van der Waals surface area contributed by atoms with Crippen molar-refractivity contribution >= 4 is 28.3 Å². The van der Waals surface area contributed by atoms with E-state index < -0.39 is 0 Å². The van der Waals surface area contributed by atoms with Crippen molar-refractivity contribution in [3.05, 3.63) is 96.1 Å². The molecule has 0 fully saturated rings. The highest BCUT2D eigenvalue weighted by molar-refractivity contribution is 6.35. The van der Waals surface area contributed by atoms with E-state index in [0.717, 1.165) is 5.39 Å². The predicted octanol–water partition coefficient (Wildman–Crippen LogP) is 5.44. The number of carbonyl (C=O) groups excluding carboxylic acids is 2. The third-order valence-corrected chi connectivity index (χ3v) is 5.14. The molecule has 1 heterocycles. The smallest absolute Gasteiger partial charge is 0.265 e. The molecule has 1 aliphatic heterocycles. The molecule has 0 unspecified atom stereocenters. The standard InChI is InChI=1S/C25H17NO4/c1-29-19-7-4-8-20(15-19)30-18-13-11-17(12-14-18)26-24(27)21-9-2-5-16-6-3-10-22(23(16)21)25(26)28/h2-15H,1H3. The van der Waals surface area contributed by atoms with Gasteiger partial charge < -0.3 is 9.47 Å². The number of imide groups is 1. The summed E-state index contributed by atoms with van der Waals surface area (Å²) in [6, 6.07) is 25.2. The van der Waals surface area contributed by atoms with Crippen LogP contribution >= 0.6 is 0 Å². The first-order valence-corrected chi connectivity index (χ1v) is 9.48. The minimum atomic E-state index is -0.328. The predicted molar refractivity (Wildman–Crippen MR) is 115 cm³/mol. The quantitative estimate of drug-likeness (QED) is 0.432. The second-order valence-electron chi connectivity index (χ2n) is 6.93. The van der Waals surface area contributed by atoms with Crippen molar-refractivity contribution in [2.45, 2.75) is 0 Å².